The van der Waals surface area contributed by atoms with Gasteiger partial charge in [0.15, 0.2) is 0 Å². The number of rotatable bonds is 6. The minimum absolute atomic E-state index is 0.0516. The van der Waals surface area contributed by atoms with Gasteiger partial charge in [-0.05, 0) is 86.3 Å². The molecule has 6 rings (SSSR count). The van der Waals surface area contributed by atoms with Crippen LogP contribution < -0.4 is 10.3 Å². The van der Waals surface area contributed by atoms with Gasteiger partial charge in [0.25, 0.3) is 5.91 Å². The van der Waals surface area contributed by atoms with E-state index in [9.17, 15) is 9.18 Å². The number of carbonyl (C=O) groups excluding carboxylic acids is 1. The Bertz CT molecular complexity index is 1480. The summed E-state index contributed by atoms with van der Waals surface area (Å²) in [6.45, 7) is 11.0. The zero-order valence-electron chi connectivity index (χ0n) is 21.5. The third kappa shape index (κ3) is 5.03. The van der Waals surface area contributed by atoms with Crippen LogP contribution in [-0.2, 0) is 6.42 Å². The maximum atomic E-state index is 13.8. The van der Waals surface area contributed by atoms with Crippen LogP contribution >= 0.6 is 11.6 Å². The highest BCUT2D eigenvalue weighted by Gasteiger charge is 2.42. The lowest BCUT2D eigenvalue weighted by Gasteiger charge is -2.31. The van der Waals surface area contributed by atoms with Gasteiger partial charge < -0.3 is 10.2 Å². The number of benzene rings is 3. The summed E-state index contributed by atoms with van der Waals surface area (Å²) >= 11 is 6.41. The van der Waals surface area contributed by atoms with E-state index in [0.717, 1.165) is 55.0 Å². The molecule has 3 aliphatic rings. The summed E-state index contributed by atoms with van der Waals surface area (Å²) in [5.74, 6) is -0.315. The summed E-state index contributed by atoms with van der Waals surface area (Å²) < 4.78 is 13.8. The number of hydrazone groups is 1. The molecular formula is C31H29ClFN5O. The average molecular weight is 542 g/mol. The van der Waals surface area contributed by atoms with Crippen LogP contribution in [0.15, 0.2) is 65.8 Å². The van der Waals surface area contributed by atoms with Crippen molar-refractivity contribution in [2.24, 2.45) is 11.0 Å². The SMILES string of the molecule is [C-]#[N+]c1ccc(N2N=C3c4cc(C(=O)NCCN5CCCC5)ccc4CC[C@@H]3[C@@H]2c2ccc(F)cc2)cc1Cl. The van der Waals surface area contributed by atoms with Crippen LogP contribution in [0.1, 0.15) is 52.4 Å². The quantitative estimate of drug-likeness (QED) is 0.368. The molecular weight excluding hydrogens is 513 g/mol. The fourth-order valence-corrected chi connectivity index (χ4v) is 6.24. The molecule has 3 aromatic rings. The molecule has 0 radical (unpaired) electrons. The van der Waals surface area contributed by atoms with E-state index in [0.29, 0.717) is 22.8 Å². The van der Waals surface area contributed by atoms with Gasteiger partial charge in [-0.15, -0.1) is 0 Å². The van der Waals surface area contributed by atoms with Crippen LogP contribution in [-0.4, -0.2) is 42.7 Å². The fourth-order valence-electron chi connectivity index (χ4n) is 6.02. The number of likely N-dealkylation sites (tertiary alicyclic amines) is 1. The summed E-state index contributed by atoms with van der Waals surface area (Å²) in [7, 11) is 0. The number of aryl methyl sites for hydroxylation is 1. The first-order valence-electron chi connectivity index (χ1n) is 13.5. The predicted molar refractivity (Wildman–Crippen MR) is 152 cm³/mol. The Balaban J connectivity index is 1.33. The zero-order chi connectivity index (χ0) is 26.9. The average Bonchev–Trinajstić information content (AvgIpc) is 3.61. The van der Waals surface area contributed by atoms with Gasteiger partial charge >= 0.3 is 0 Å². The number of hydrogen-bond donors (Lipinski definition) is 1. The van der Waals surface area contributed by atoms with E-state index in [-0.39, 0.29) is 23.7 Å². The largest absolute Gasteiger partial charge is 0.351 e. The van der Waals surface area contributed by atoms with Gasteiger partial charge in [-0.1, -0.05) is 35.9 Å². The fraction of sp³-hybridized carbons (Fsp3) is 0.323. The maximum absolute atomic E-state index is 13.8. The number of nitrogens with zero attached hydrogens (tertiary/aromatic N) is 4. The molecule has 0 saturated carbocycles. The number of hydrogen-bond acceptors (Lipinski definition) is 4. The topological polar surface area (TPSA) is 52.3 Å². The molecule has 0 aromatic heterocycles. The van der Waals surface area contributed by atoms with Crippen LogP contribution in [0, 0.1) is 18.3 Å². The number of anilines is 1. The second-order valence-electron chi connectivity index (χ2n) is 10.4. The van der Waals surface area contributed by atoms with E-state index in [4.69, 9.17) is 23.3 Å². The summed E-state index contributed by atoms with van der Waals surface area (Å²) in [4.78, 5) is 18.9. The van der Waals surface area contributed by atoms with Gasteiger partial charge in [0.2, 0.25) is 5.69 Å². The first kappa shape index (κ1) is 25.5. The first-order valence-corrected chi connectivity index (χ1v) is 13.8. The Morgan fingerprint density at radius 2 is 1.90 bits per heavy atom. The molecule has 1 amide bonds. The molecule has 3 aromatic carbocycles. The van der Waals surface area contributed by atoms with Gasteiger partial charge in [0.1, 0.15) is 5.82 Å². The van der Waals surface area contributed by atoms with Crippen LogP contribution in [0.4, 0.5) is 15.8 Å². The van der Waals surface area contributed by atoms with Crippen molar-refractivity contribution in [1.82, 2.24) is 10.2 Å². The number of amides is 1. The molecule has 0 bridgehead atoms. The van der Waals surface area contributed by atoms with E-state index >= 15 is 0 Å². The van der Waals surface area contributed by atoms with E-state index in [2.05, 4.69) is 15.1 Å². The zero-order valence-corrected chi connectivity index (χ0v) is 22.3. The number of fused-ring (bicyclic) bond motifs is 3. The lowest BCUT2D eigenvalue weighted by atomic mass is 9.77. The molecule has 1 saturated heterocycles. The molecule has 0 spiro atoms. The highest BCUT2D eigenvalue weighted by Crippen LogP contribution is 2.46. The third-order valence-corrected chi connectivity index (χ3v) is 8.33. The number of carbonyl (C=O) groups is 1. The minimum Gasteiger partial charge on any atom is -0.351 e. The minimum atomic E-state index is -0.289. The van der Waals surface area contributed by atoms with Gasteiger partial charge in [-0.3, -0.25) is 9.80 Å². The monoisotopic (exact) mass is 541 g/mol. The Hall–Kier alpha value is -3.73. The molecule has 2 atom stereocenters. The molecule has 1 fully saturated rings. The first-order chi connectivity index (χ1) is 19.0. The van der Waals surface area contributed by atoms with Crippen molar-refractivity contribution in [2.45, 2.75) is 31.7 Å². The van der Waals surface area contributed by atoms with Crippen molar-refractivity contribution in [3.63, 3.8) is 0 Å². The van der Waals surface area contributed by atoms with Crippen LogP contribution in [0.3, 0.4) is 0 Å². The smallest absolute Gasteiger partial charge is 0.251 e. The summed E-state index contributed by atoms with van der Waals surface area (Å²) in [5.41, 5.74) is 5.79. The predicted octanol–water partition coefficient (Wildman–Crippen LogP) is 6.38. The second-order valence-corrected chi connectivity index (χ2v) is 10.8. The van der Waals surface area contributed by atoms with E-state index in [1.807, 2.05) is 29.3 Å². The molecule has 2 heterocycles. The molecule has 0 unspecified atom stereocenters. The van der Waals surface area contributed by atoms with Crippen molar-refractivity contribution in [2.75, 3.05) is 31.2 Å². The van der Waals surface area contributed by atoms with Crippen molar-refractivity contribution >= 4 is 34.6 Å². The standard InChI is InChI=1S/C31H29ClFN5O/c1-34-28-13-11-24(19-27(28)32)38-30(21-6-9-23(33)10-7-21)25-12-8-20-4-5-22(18-26(20)29(25)36-38)31(39)35-14-17-37-15-2-3-16-37/h4-7,9-11,13,18-19,25,30H,2-3,8,12,14-17H2,(H,35,39)/t25-,30-/m0/s1. The van der Waals surface area contributed by atoms with E-state index in [1.165, 1.54) is 30.5 Å². The normalized spacial score (nSPS) is 20.2. The summed E-state index contributed by atoms with van der Waals surface area (Å²) in [6.07, 6.45) is 4.19. The summed E-state index contributed by atoms with van der Waals surface area (Å²) in [5, 5.41) is 10.5. The summed E-state index contributed by atoms with van der Waals surface area (Å²) in [6, 6.07) is 17.6. The Morgan fingerprint density at radius 3 is 2.64 bits per heavy atom. The van der Waals surface area contributed by atoms with Crippen molar-refractivity contribution in [1.29, 1.82) is 0 Å². The molecule has 2 aliphatic heterocycles. The highest BCUT2D eigenvalue weighted by atomic mass is 35.5. The molecule has 198 valence electrons. The van der Waals surface area contributed by atoms with Crippen LogP contribution in [0.25, 0.3) is 4.85 Å². The Morgan fingerprint density at radius 1 is 1.10 bits per heavy atom. The highest BCUT2D eigenvalue weighted by molar-refractivity contribution is 6.33. The van der Waals surface area contributed by atoms with Crippen molar-refractivity contribution in [3.05, 3.63) is 105 Å². The number of halogens is 2. The second kappa shape index (κ2) is 10.8. The molecule has 39 heavy (non-hydrogen) atoms. The van der Waals surface area contributed by atoms with Crippen molar-refractivity contribution in [3.8, 4) is 0 Å². The number of nitrogens with one attached hydrogen (secondary N) is 1. The van der Waals surface area contributed by atoms with Gasteiger partial charge in [-0.2, -0.15) is 5.10 Å². The van der Waals surface area contributed by atoms with Gasteiger partial charge in [-0.25, -0.2) is 9.24 Å². The van der Waals surface area contributed by atoms with Crippen LogP contribution in [0.2, 0.25) is 5.02 Å². The lowest BCUT2D eigenvalue weighted by molar-refractivity contribution is 0.0949. The van der Waals surface area contributed by atoms with Gasteiger partial charge in [0, 0.05) is 35.2 Å². The molecule has 8 heteroatoms. The maximum Gasteiger partial charge on any atom is 0.251 e. The molecule has 6 nitrogen and oxygen atoms in total. The van der Waals surface area contributed by atoms with Crippen molar-refractivity contribution < 1.29 is 9.18 Å². The van der Waals surface area contributed by atoms with E-state index in [1.54, 1.807) is 24.3 Å². The van der Waals surface area contributed by atoms with Crippen LogP contribution in [0.5, 0.6) is 0 Å². The molecule has 1 aliphatic carbocycles. The molecule has 1 N–H and O–H groups in total. The van der Waals surface area contributed by atoms with Gasteiger partial charge in [0.05, 0.1) is 24.0 Å². The van der Waals surface area contributed by atoms with E-state index < -0.39 is 0 Å². The Kier molecular flexibility index (Phi) is 7.07. The lowest BCUT2D eigenvalue weighted by Crippen LogP contribution is -2.33. The Labute approximate surface area is 232 Å². The third-order valence-electron chi connectivity index (χ3n) is 8.02.